The van der Waals surface area contributed by atoms with Crippen LogP contribution in [0.15, 0.2) is 0 Å². The van der Waals surface area contributed by atoms with Gasteiger partial charge in [-0.05, 0) is 24.6 Å². The molecule has 0 amide bonds. The van der Waals surface area contributed by atoms with E-state index in [2.05, 4.69) is 43.9 Å². The molecule has 2 heterocycles. The third kappa shape index (κ3) is 3.91. The van der Waals surface area contributed by atoms with Crippen molar-refractivity contribution >= 4 is 23.5 Å². The Hall–Kier alpha value is -1.14. The van der Waals surface area contributed by atoms with Crippen molar-refractivity contribution in [3.05, 3.63) is 5.28 Å². The summed E-state index contributed by atoms with van der Waals surface area (Å²) in [6.07, 6.45) is 1.02. The van der Waals surface area contributed by atoms with Crippen molar-refractivity contribution in [2.24, 2.45) is 0 Å². The topological polar surface area (TPSA) is 57.2 Å². The van der Waals surface area contributed by atoms with Crippen molar-refractivity contribution in [3.8, 4) is 0 Å². The first kappa shape index (κ1) is 14.3. The van der Waals surface area contributed by atoms with E-state index in [1.54, 1.807) is 0 Å². The van der Waals surface area contributed by atoms with E-state index in [0.29, 0.717) is 11.9 Å². The largest absolute Gasteiger partial charge is 0.354 e. The Morgan fingerprint density at radius 2 is 1.84 bits per heavy atom. The van der Waals surface area contributed by atoms with Crippen LogP contribution in [-0.4, -0.2) is 59.1 Å². The molecule has 1 aromatic rings. The lowest BCUT2D eigenvalue weighted by atomic mass is 10.3. The van der Waals surface area contributed by atoms with Crippen LogP contribution in [-0.2, 0) is 0 Å². The van der Waals surface area contributed by atoms with E-state index in [9.17, 15) is 0 Å². The van der Waals surface area contributed by atoms with E-state index >= 15 is 0 Å². The summed E-state index contributed by atoms with van der Waals surface area (Å²) >= 11 is 5.96. The first-order chi connectivity index (χ1) is 9.22. The Bertz CT molecular complexity index is 405. The van der Waals surface area contributed by atoms with Crippen LogP contribution >= 0.6 is 11.6 Å². The van der Waals surface area contributed by atoms with E-state index in [0.717, 1.165) is 45.7 Å². The lowest BCUT2D eigenvalue weighted by Gasteiger charge is -2.34. The maximum Gasteiger partial charge on any atom is 0.231 e. The van der Waals surface area contributed by atoms with Gasteiger partial charge in [-0.1, -0.05) is 13.8 Å². The fourth-order valence-corrected chi connectivity index (χ4v) is 2.22. The second-order valence-corrected chi connectivity index (χ2v) is 4.91. The summed E-state index contributed by atoms with van der Waals surface area (Å²) in [7, 11) is 0. The first-order valence-corrected chi connectivity index (χ1v) is 7.23. The average Bonchev–Trinajstić information content (AvgIpc) is 2.44. The molecule has 0 bridgehead atoms. The summed E-state index contributed by atoms with van der Waals surface area (Å²) < 4.78 is 0. The molecule has 1 aliphatic heterocycles. The van der Waals surface area contributed by atoms with Crippen LogP contribution < -0.4 is 10.2 Å². The molecule has 0 saturated carbocycles. The molecule has 0 radical (unpaired) electrons. The highest BCUT2D eigenvalue weighted by Crippen LogP contribution is 2.15. The van der Waals surface area contributed by atoms with Crippen LogP contribution in [0, 0.1) is 0 Å². The molecule has 1 fully saturated rings. The minimum Gasteiger partial charge on any atom is -0.354 e. The van der Waals surface area contributed by atoms with Crippen molar-refractivity contribution in [2.75, 3.05) is 49.5 Å². The standard InChI is InChI=1S/C12H21ClN6/c1-3-5-14-11-15-10(13)16-12(17-11)19-8-6-18(4-2)7-9-19/h3-9H2,1-2H3,(H,14,15,16,17). The van der Waals surface area contributed by atoms with Crippen molar-refractivity contribution in [1.82, 2.24) is 19.9 Å². The maximum atomic E-state index is 5.96. The van der Waals surface area contributed by atoms with Crippen LogP contribution in [0.2, 0.25) is 5.28 Å². The summed E-state index contributed by atoms with van der Waals surface area (Å²) in [5.74, 6) is 1.24. The van der Waals surface area contributed by atoms with Gasteiger partial charge < -0.3 is 15.1 Å². The molecule has 7 heteroatoms. The van der Waals surface area contributed by atoms with Gasteiger partial charge in [0.15, 0.2) is 0 Å². The predicted molar refractivity (Wildman–Crippen MR) is 77.9 cm³/mol. The Balaban J connectivity index is 2.05. The molecule has 6 nitrogen and oxygen atoms in total. The highest BCUT2D eigenvalue weighted by atomic mass is 35.5. The Morgan fingerprint density at radius 3 is 2.47 bits per heavy atom. The van der Waals surface area contributed by atoms with Gasteiger partial charge in [0.2, 0.25) is 17.2 Å². The molecule has 106 valence electrons. The molecule has 19 heavy (non-hydrogen) atoms. The normalized spacial score (nSPS) is 16.7. The van der Waals surface area contributed by atoms with Gasteiger partial charge in [-0.25, -0.2) is 0 Å². The zero-order valence-electron chi connectivity index (χ0n) is 11.6. The summed E-state index contributed by atoms with van der Waals surface area (Å²) in [6.45, 7) is 10.2. The number of piperazine rings is 1. The highest BCUT2D eigenvalue weighted by Gasteiger charge is 2.19. The van der Waals surface area contributed by atoms with Crippen molar-refractivity contribution in [3.63, 3.8) is 0 Å². The lowest BCUT2D eigenvalue weighted by molar-refractivity contribution is 0.270. The number of rotatable bonds is 5. The van der Waals surface area contributed by atoms with Gasteiger partial charge in [0.25, 0.3) is 0 Å². The molecule has 1 saturated heterocycles. The molecule has 0 spiro atoms. The van der Waals surface area contributed by atoms with Crippen LogP contribution in [0.1, 0.15) is 20.3 Å². The van der Waals surface area contributed by atoms with Crippen LogP contribution in [0.4, 0.5) is 11.9 Å². The fraction of sp³-hybridized carbons (Fsp3) is 0.750. The summed E-state index contributed by atoms with van der Waals surface area (Å²) in [5.41, 5.74) is 0. The molecule has 1 N–H and O–H groups in total. The summed E-state index contributed by atoms with van der Waals surface area (Å²) in [4.78, 5) is 17.3. The van der Waals surface area contributed by atoms with Crippen LogP contribution in [0.5, 0.6) is 0 Å². The molecular weight excluding hydrogens is 264 g/mol. The summed E-state index contributed by atoms with van der Waals surface area (Å²) in [6, 6.07) is 0. The smallest absolute Gasteiger partial charge is 0.231 e. The molecule has 0 atom stereocenters. The maximum absolute atomic E-state index is 5.96. The number of hydrogen-bond acceptors (Lipinski definition) is 6. The number of nitrogens with one attached hydrogen (secondary N) is 1. The first-order valence-electron chi connectivity index (χ1n) is 6.85. The third-order valence-corrected chi connectivity index (χ3v) is 3.40. The molecule has 0 aliphatic carbocycles. The van der Waals surface area contributed by atoms with Crippen LogP contribution in [0.3, 0.4) is 0 Å². The fourth-order valence-electron chi connectivity index (χ4n) is 2.06. The zero-order chi connectivity index (χ0) is 13.7. The number of aromatic nitrogens is 3. The molecule has 0 aromatic carbocycles. The van der Waals surface area contributed by atoms with Gasteiger partial charge in [-0.15, -0.1) is 0 Å². The zero-order valence-corrected chi connectivity index (χ0v) is 12.3. The molecule has 1 aromatic heterocycles. The SMILES string of the molecule is CCCNc1nc(Cl)nc(N2CCN(CC)CC2)n1. The quantitative estimate of drug-likeness (QED) is 0.884. The number of anilines is 2. The minimum absolute atomic E-state index is 0.251. The second-order valence-electron chi connectivity index (χ2n) is 4.58. The molecular formula is C12H21ClN6. The lowest BCUT2D eigenvalue weighted by Crippen LogP contribution is -2.46. The Labute approximate surface area is 119 Å². The van der Waals surface area contributed by atoms with E-state index in [1.165, 1.54) is 0 Å². The van der Waals surface area contributed by atoms with Gasteiger partial charge in [-0.3, -0.25) is 0 Å². The van der Waals surface area contributed by atoms with E-state index in [-0.39, 0.29) is 5.28 Å². The Kier molecular flexibility index (Phi) is 5.15. The van der Waals surface area contributed by atoms with Crippen LogP contribution in [0.25, 0.3) is 0 Å². The number of likely N-dealkylation sites (N-methyl/N-ethyl adjacent to an activating group) is 1. The predicted octanol–water partition coefficient (Wildman–Crippen LogP) is 1.49. The van der Waals surface area contributed by atoms with E-state index < -0.39 is 0 Å². The van der Waals surface area contributed by atoms with Crippen molar-refractivity contribution in [2.45, 2.75) is 20.3 Å². The van der Waals surface area contributed by atoms with Gasteiger partial charge in [0.1, 0.15) is 0 Å². The van der Waals surface area contributed by atoms with E-state index in [1.807, 2.05) is 0 Å². The Morgan fingerprint density at radius 1 is 1.11 bits per heavy atom. The number of hydrogen-bond donors (Lipinski definition) is 1. The monoisotopic (exact) mass is 284 g/mol. The van der Waals surface area contributed by atoms with E-state index in [4.69, 9.17) is 11.6 Å². The summed E-state index contributed by atoms with van der Waals surface area (Å²) in [5, 5.41) is 3.40. The van der Waals surface area contributed by atoms with Crippen molar-refractivity contribution < 1.29 is 0 Å². The van der Waals surface area contributed by atoms with Gasteiger partial charge in [0.05, 0.1) is 0 Å². The van der Waals surface area contributed by atoms with Crippen molar-refractivity contribution in [1.29, 1.82) is 0 Å². The number of nitrogens with zero attached hydrogens (tertiary/aromatic N) is 5. The minimum atomic E-state index is 0.251. The molecule has 1 aliphatic rings. The van der Waals surface area contributed by atoms with Gasteiger partial charge in [-0.2, -0.15) is 15.0 Å². The van der Waals surface area contributed by atoms with Gasteiger partial charge >= 0.3 is 0 Å². The molecule has 0 unspecified atom stereocenters. The van der Waals surface area contributed by atoms with Gasteiger partial charge in [0, 0.05) is 32.7 Å². The number of halogens is 1. The average molecular weight is 285 g/mol. The molecule has 2 rings (SSSR count). The third-order valence-electron chi connectivity index (χ3n) is 3.23. The highest BCUT2D eigenvalue weighted by molar-refractivity contribution is 6.28. The second kappa shape index (κ2) is 6.86.